The van der Waals surface area contributed by atoms with E-state index in [4.69, 9.17) is 0 Å². The van der Waals surface area contributed by atoms with Crippen molar-refractivity contribution in [2.24, 2.45) is 15.2 Å². The Morgan fingerprint density at radius 3 is 2.27 bits per heavy atom. The molecule has 0 saturated carbocycles. The molecule has 0 spiro atoms. The Kier molecular flexibility index (Phi) is 3.83. The molecular formula is C11H13N3S. The van der Waals surface area contributed by atoms with Crippen LogP contribution in [0.15, 0.2) is 39.5 Å². The monoisotopic (exact) mass is 219 g/mol. The van der Waals surface area contributed by atoms with Crippen molar-refractivity contribution in [1.29, 1.82) is 0 Å². The van der Waals surface area contributed by atoms with Gasteiger partial charge in [-0.25, -0.2) is 0 Å². The highest BCUT2D eigenvalue weighted by molar-refractivity contribution is 7.78. The molecule has 0 aliphatic carbocycles. The molecule has 0 saturated heterocycles. The minimum absolute atomic E-state index is 0.186. The van der Waals surface area contributed by atoms with E-state index in [-0.39, 0.29) is 5.54 Å². The summed E-state index contributed by atoms with van der Waals surface area (Å²) in [6.07, 6.45) is 0. The fraction of sp³-hybridized carbons (Fsp3) is 0.364. The number of aliphatic imine (C=N–C) groups is 1. The summed E-state index contributed by atoms with van der Waals surface area (Å²) in [7, 11) is 0. The summed E-state index contributed by atoms with van der Waals surface area (Å²) in [4.78, 5) is 3.92. The first-order chi connectivity index (χ1) is 7.03. The molecule has 1 aromatic carbocycles. The maximum Gasteiger partial charge on any atom is 0.112 e. The van der Waals surface area contributed by atoms with Gasteiger partial charge < -0.3 is 0 Å². The summed E-state index contributed by atoms with van der Waals surface area (Å²) in [6, 6.07) is 7.44. The van der Waals surface area contributed by atoms with Crippen molar-refractivity contribution >= 4 is 28.8 Å². The van der Waals surface area contributed by atoms with E-state index in [0.29, 0.717) is 11.4 Å². The molecule has 0 aliphatic rings. The highest BCUT2D eigenvalue weighted by Gasteiger charge is 2.07. The number of nitrogens with zero attached hydrogens (tertiary/aromatic N) is 3. The molecule has 0 bridgehead atoms. The third kappa shape index (κ3) is 4.11. The van der Waals surface area contributed by atoms with Crippen molar-refractivity contribution in [2.45, 2.75) is 26.3 Å². The van der Waals surface area contributed by atoms with Crippen molar-refractivity contribution in [3.05, 3.63) is 24.3 Å². The van der Waals surface area contributed by atoms with Crippen LogP contribution >= 0.6 is 12.2 Å². The zero-order valence-corrected chi connectivity index (χ0v) is 9.88. The van der Waals surface area contributed by atoms with Gasteiger partial charge in [0.1, 0.15) is 11.4 Å². The molecule has 1 rings (SSSR count). The van der Waals surface area contributed by atoms with Gasteiger partial charge in [-0.05, 0) is 45.1 Å². The quantitative estimate of drug-likeness (QED) is 0.415. The average molecular weight is 219 g/mol. The molecular weight excluding hydrogens is 206 g/mol. The SMILES string of the molecule is CC(C)(C)N=Nc1ccccc1N=C=S. The van der Waals surface area contributed by atoms with Gasteiger partial charge in [-0.2, -0.15) is 15.2 Å². The Bertz CT molecular complexity index is 412. The van der Waals surface area contributed by atoms with Crippen LogP contribution in [-0.2, 0) is 0 Å². The number of hydrogen-bond donors (Lipinski definition) is 0. The number of isothiocyanates is 1. The van der Waals surface area contributed by atoms with Gasteiger partial charge in [0.25, 0.3) is 0 Å². The van der Waals surface area contributed by atoms with Gasteiger partial charge in [-0.3, -0.25) is 0 Å². The molecule has 15 heavy (non-hydrogen) atoms. The first kappa shape index (κ1) is 11.7. The molecule has 0 unspecified atom stereocenters. The van der Waals surface area contributed by atoms with Crippen LogP contribution in [0.5, 0.6) is 0 Å². The molecule has 4 heteroatoms. The van der Waals surface area contributed by atoms with Gasteiger partial charge >= 0.3 is 0 Å². The van der Waals surface area contributed by atoms with E-state index in [1.54, 1.807) is 0 Å². The van der Waals surface area contributed by atoms with Crippen molar-refractivity contribution in [3.8, 4) is 0 Å². The molecule has 0 fully saturated rings. The van der Waals surface area contributed by atoms with Crippen molar-refractivity contribution in [2.75, 3.05) is 0 Å². The summed E-state index contributed by atoms with van der Waals surface area (Å²) < 4.78 is 0. The Morgan fingerprint density at radius 2 is 1.73 bits per heavy atom. The minimum Gasteiger partial charge on any atom is -0.192 e. The standard InChI is InChI=1S/C11H13N3S/c1-11(2,3)14-13-10-7-5-4-6-9(10)12-8-15/h4-7H,1-3H3. The van der Waals surface area contributed by atoms with Crippen LogP contribution in [0.25, 0.3) is 0 Å². The van der Waals surface area contributed by atoms with E-state index in [1.165, 1.54) is 0 Å². The molecule has 0 heterocycles. The van der Waals surface area contributed by atoms with E-state index in [0.717, 1.165) is 0 Å². The van der Waals surface area contributed by atoms with Crippen molar-refractivity contribution in [3.63, 3.8) is 0 Å². The van der Waals surface area contributed by atoms with E-state index in [1.807, 2.05) is 45.0 Å². The largest absolute Gasteiger partial charge is 0.192 e. The molecule has 78 valence electrons. The maximum atomic E-state index is 4.56. The van der Waals surface area contributed by atoms with E-state index in [9.17, 15) is 0 Å². The zero-order valence-electron chi connectivity index (χ0n) is 9.06. The number of hydrogen-bond acceptors (Lipinski definition) is 4. The third-order valence-electron chi connectivity index (χ3n) is 1.51. The fourth-order valence-corrected chi connectivity index (χ4v) is 0.995. The Labute approximate surface area is 95.0 Å². The van der Waals surface area contributed by atoms with Gasteiger partial charge in [0, 0.05) is 0 Å². The fourth-order valence-electron chi connectivity index (χ4n) is 0.896. The predicted octanol–water partition coefficient (Wildman–Crippen LogP) is 4.30. The third-order valence-corrected chi connectivity index (χ3v) is 1.60. The van der Waals surface area contributed by atoms with Crippen LogP contribution in [0, 0.1) is 0 Å². The number of thiocarbonyl (C=S) groups is 1. The number of rotatable bonds is 2. The van der Waals surface area contributed by atoms with Crippen LogP contribution in [0.2, 0.25) is 0 Å². The van der Waals surface area contributed by atoms with Gasteiger partial charge in [-0.1, -0.05) is 12.1 Å². The maximum absolute atomic E-state index is 4.56. The zero-order chi connectivity index (χ0) is 11.3. The Balaban J connectivity index is 3.04. The predicted molar refractivity (Wildman–Crippen MR) is 65.4 cm³/mol. The molecule has 0 N–H and O–H groups in total. The number of azo groups is 1. The normalized spacial score (nSPS) is 11.4. The molecule has 0 atom stereocenters. The van der Waals surface area contributed by atoms with Crippen LogP contribution in [0.1, 0.15) is 20.8 Å². The topological polar surface area (TPSA) is 37.1 Å². The lowest BCUT2D eigenvalue weighted by Gasteiger charge is -2.08. The molecule has 0 aromatic heterocycles. The second-order valence-corrected chi connectivity index (χ2v) is 4.25. The lowest BCUT2D eigenvalue weighted by atomic mass is 10.1. The van der Waals surface area contributed by atoms with E-state index >= 15 is 0 Å². The Morgan fingerprint density at radius 1 is 1.13 bits per heavy atom. The van der Waals surface area contributed by atoms with Crippen LogP contribution in [0.4, 0.5) is 11.4 Å². The summed E-state index contributed by atoms with van der Waals surface area (Å²) in [5.74, 6) is 0. The molecule has 0 amide bonds. The van der Waals surface area contributed by atoms with Gasteiger partial charge in [0.2, 0.25) is 0 Å². The Hall–Kier alpha value is -1.38. The summed E-state index contributed by atoms with van der Waals surface area (Å²) in [5, 5.41) is 10.6. The first-order valence-electron chi connectivity index (χ1n) is 4.63. The van der Waals surface area contributed by atoms with Crippen LogP contribution in [0.3, 0.4) is 0 Å². The highest BCUT2D eigenvalue weighted by Crippen LogP contribution is 2.28. The summed E-state index contributed by atoms with van der Waals surface area (Å²) in [5.41, 5.74) is 1.22. The molecule has 0 aliphatic heterocycles. The van der Waals surface area contributed by atoms with Crippen molar-refractivity contribution < 1.29 is 0 Å². The summed E-state index contributed by atoms with van der Waals surface area (Å²) in [6.45, 7) is 5.96. The van der Waals surface area contributed by atoms with E-state index in [2.05, 4.69) is 32.6 Å². The van der Waals surface area contributed by atoms with Gasteiger partial charge in [-0.15, -0.1) is 0 Å². The number of benzene rings is 1. The molecule has 0 radical (unpaired) electrons. The van der Waals surface area contributed by atoms with Crippen molar-refractivity contribution in [1.82, 2.24) is 0 Å². The lowest BCUT2D eigenvalue weighted by Crippen LogP contribution is -2.07. The molecule has 1 aromatic rings. The smallest absolute Gasteiger partial charge is 0.112 e. The van der Waals surface area contributed by atoms with E-state index < -0.39 is 0 Å². The number of para-hydroxylation sites is 1. The lowest BCUT2D eigenvalue weighted by molar-refractivity contribution is 0.552. The minimum atomic E-state index is -0.186. The van der Waals surface area contributed by atoms with Gasteiger partial charge in [0.15, 0.2) is 0 Å². The van der Waals surface area contributed by atoms with Gasteiger partial charge in [0.05, 0.1) is 10.7 Å². The second-order valence-electron chi connectivity index (χ2n) is 4.06. The highest BCUT2D eigenvalue weighted by atomic mass is 32.1. The van der Waals surface area contributed by atoms with Crippen LogP contribution < -0.4 is 0 Å². The van der Waals surface area contributed by atoms with Crippen LogP contribution in [-0.4, -0.2) is 10.7 Å². The molecule has 3 nitrogen and oxygen atoms in total. The second kappa shape index (κ2) is 4.91. The first-order valence-corrected chi connectivity index (χ1v) is 5.03. The summed E-state index contributed by atoms with van der Waals surface area (Å²) >= 11 is 4.56. The average Bonchev–Trinajstić information content (AvgIpc) is 2.16.